The fourth-order valence-corrected chi connectivity index (χ4v) is 3.73. The summed E-state index contributed by atoms with van der Waals surface area (Å²) in [5, 5.41) is 22.3. The Morgan fingerprint density at radius 1 is 1.24 bits per heavy atom. The molecule has 0 unspecified atom stereocenters. The van der Waals surface area contributed by atoms with Crippen LogP contribution in [0.4, 0.5) is 11.4 Å². The molecule has 0 aliphatic carbocycles. The van der Waals surface area contributed by atoms with Crippen LogP contribution in [0.3, 0.4) is 0 Å². The van der Waals surface area contributed by atoms with Crippen molar-refractivity contribution >= 4 is 28.3 Å². The quantitative estimate of drug-likeness (QED) is 0.527. The van der Waals surface area contributed by atoms with Gasteiger partial charge in [-0.25, -0.2) is 4.68 Å². The fourth-order valence-electron chi connectivity index (χ4n) is 3.73. The average molecular weight is 394 g/mol. The van der Waals surface area contributed by atoms with Crippen LogP contribution in [0.2, 0.25) is 0 Å². The molecule has 1 saturated heterocycles. The second-order valence-electron chi connectivity index (χ2n) is 7.33. The van der Waals surface area contributed by atoms with E-state index < -0.39 is 4.92 Å². The van der Waals surface area contributed by atoms with Crippen molar-refractivity contribution < 1.29 is 9.72 Å². The van der Waals surface area contributed by atoms with Gasteiger partial charge in [0, 0.05) is 25.2 Å². The largest absolute Gasteiger partial charge is 0.324 e. The third-order valence-corrected chi connectivity index (χ3v) is 5.35. The molecule has 150 valence electrons. The number of rotatable bonds is 5. The first-order valence-corrected chi connectivity index (χ1v) is 9.58. The number of likely N-dealkylation sites (tertiary alicyclic amines) is 1. The third kappa shape index (κ3) is 4.09. The lowest BCUT2D eigenvalue weighted by Crippen LogP contribution is -2.40. The van der Waals surface area contributed by atoms with Gasteiger partial charge in [-0.2, -0.15) is 0 Å². The maximum Gasteiger partial charge on any atom is 0.271 e. The topological polar surface area (TPSA) is 106 Å². The van der Waals surface area contributed by atoms with Crippen molar-refractivity contribution in [3.63, 3.8) is 0 Å². The molecular weight excluding hydrogens is 372 g/mol. The van der Waals surface area contributed by atoms with Gasteiger partial charge < -0.3 is 5.32 Å². The average Bonchev–Trinajstić information content (AvgIpc) is 3.14. The summed E-state index contributed by atoms with van der Waals surface area (Å²) in [5.41, 5.74) is 3.16. The van der Waals surface area contributed by atoms with Crippen LogP contribution >= 0.6 is 0 Å². The zero-order valence-corrected chi connectivity index (χ0v) is 16.1. The molecule has 1 fully saturated rings. The number of fused-ring (bicyclic) bond motifs is 1. The van der Waals surface area contributed by atoms with E-state index in [-0.39, 0.29) is 24.2 Å². The van der Waals surface area contributed by atoms with E-state index in [1.165, 1.54) is 12.1 Å². The maximum atomic E-state index is 12.4. The fraction of sp³-hybridized carbons (Fsp3) is 0.350. The van der Waals surface area contributed by atoms with Gasteiger partial charge in [0.2, 0.25) is 5.91 Å². The Morgan fingerprint density at radius 2 is 2.00 bits per heavy atom. The van der Waals surface area contributed by atoms with Gasteiger partial charge in [0.05, 0.1) is 28.7 Å². The Bertz CT molecular complexity index is 1060. The van der Waals surface area contributed by atoms with E-state index >= 15 is 0 Å². The molecule has 0 bridgehead atoms. The van der Waals surface area contributed by atoms with Crippen LogP contribution in [0.25, 0.3) is 11.0 Å². The minimum atomic E-state index is -0.465. The van der Waals surface area contributed by atoms with Crippen LogP contribution in [-0.2, 0) is 4.79 Å². The van der Waals surface area contributed by atoms with E-state index in [1.54, 1.807) is 6.07 Å². The first-order valence-electron chi connectivity index (χ1n) is 9.58. The summed E-state index contributed by atoms with van der Waals surface area (Å²) < 4.78 is 1.99. The number of benzene rings is 2. The van der Waals surface area contributed by atoms with Crippen LogP contribution in [0.5, 0.6) is 0 Å². The molecule has 2 aromatic carbocycles. The van der Waals surface area contributed by atoms with Gasteiger partial charge in [0.15, 0.2) is 0 Å². The first-order chi connectivity index (χ1) is 14.0. The maximum absolute atomic E-state index is 12.4. The zero-order chi connectivity index (χ0) is 20.4. The molecule has 1 aliphatic rings. The zero-order valence-electron chi connectivity index (χ0n) is 16.1. The van der Waals surface area contributed by atoms with Crippen LogP contribution in [0, 0.1) is 17.0 Å². The molecule has 4 rings (SSSR count). The third-order valence-electron chi connectivity index (χ3n) is 5.35. The van der Waals surface area contributed by atoms with E-state index in [0.717, 1.165) is 42.5 Å². The second kappa shape index (κ2) is 7.96. The molecule has 1 N–H and O–H groups in total. The second-order valence-corrected chi connectivity index (χ2v) is 7.33. The number of hydrogen-bond acceptors (Lipinski definition) is 6. The number of non-ortho nitro benzene ring substituents is 1. The number of nitro groups is 1. The number of aryl methyl sites for hydroxylation is 1. The molecule has 29 heavy (non-hydrogen) atoms. The Kier molecular flexibility index (Phi) is 5.22. The molecule has 0 spiro atoms. The number of para-hydroxylation sites is 1. The van der Waals surface area contributed by atoms with Crippen molar-refractivity contribution in [1.29, 1.82) is 0 Å². The van der Waals surface area contributed by atoms with E-state index in [4.69, 9.17) is 0 Å². The monoisotopic (exact) mass is 394 g/mol. The predicted octanol–water partition coefficient (Wildman–Crippen LogP) is 2.92. The van der Waals surface area contributed by atoms with Crippen molar-refractivity contribution in [3.8, 4) is 0 Å². The number of aromatic nitrogens is 3. The predicted molar refractivity (Wildman–Crippen MR) is 109 cm³/mol. The van der Waals surface area contributed by atoms with Gasteiger partial charge in [-0.3, -0.25) is 19.8 Å². The van der Waals surface area contributed by atoms with Gasteiger partial charge in [0.25, 0.3) is 5.69 Å². The number of anilines is 1. The molecule has 1 aliphatic heterocycles. The molecular formula is C20H22N6O3. The van der Waals surface area contributed by atoms with E-state index in [9.17, 15) is 14.9 Å². The number of nitrogens with one attached hydrogen (secondary N) is 1. The van der Waals surface area contributed by atoms with Crippen molar-refractivity contribution in [2.45, 2.75) is 25.8 Å². The van der Waals surface area contributed by atoms with Crippen molar-refractivity contribution in [1.82, 2.24) is 19.9 Å². The van der Waals surface area contributed by atoms with Gasteiger partial charge in [-0.15, -0.1) is 5.10 Å². The Hall–Kier alpha value is -3.33. The normalized spacial score (nSPS) is 15.5. The highest BCUT2D eigenvalue weighted by Gasteiger charge is 2.24. The first kappa shape index (κ1) is 19.0. The lowest BCUT2D eigenvalue weighted by atomic mass is 10.0. The molecule has 0 radical (unpaired) electrons. The molecule has 0 saturated carbocycles. The van der Waals surface area contributed by atoms with E-state index in [0.29, 0.717) is 5.69 Å². The van der Waals surface area contributed by atoms with Crippen LogP contribution < -0.4 is 5.32 Å². The number of nitrogens with zero attached hydrogens (tertiary/aromatic N) is 5. The van der Waals surface area contributed by atoms with Crippen molar-refractivity contribution in [2.24, 2.45) is 0 Å². The smallest absolute Gasteiger partial charge is 0.271 e. The van der Waals surface area contributed by atoms with Gasteiger partial charge >= 0.3 is 0 Å². The summed E-state index contributed by atoms with van der Waals surface area (Å²) in [7, 11) is 0. The molecule has 0 atom stereocenters. The molecule has 9 nitrogen and oxygen atoms in total. The van der Waals surface area contributed by atoms with Gasteiger partial charge in [-0.1, -0.05) is 23.4 Å². The summed E-state index contributed by atoms with van der Waals surface area (Å²) in [4.78, 5) is 25.0. The van der Waals surface area contributed by atoms with Crippen molar-refractivity contribution in [2.75, 3.05) is 25.0 Å². The number of carbonyl (C=O) groups is 1. The SMILES string of the molecule is Cc1ccc([N+](=O)[O-])cc1NC(=O)CN1CCC(n2nnc3ccccc32)CC1. The Balaban J connectivity index is 1.34. The van der Waals surface area contributed by atoms with Crippen LogP contribution in [0.1, 0.15) is 24.4 Å². The highest BCUT2D eigenvalue weighted by Crippen LogP contribution is 2.25. The summed E-state index contributed by atoms with van der Waals surface area (Å²) >= 11 is 0. The van der Waals surface area contributed by atoms with Gasteiger partial charge in [-0.05, 0) is 37.5 Å². The van der Waals surface area contributed by atoms with Crippen LogP contribution in [0.15, 0.2) is 42.5 Å². The Labute approximate surface area is 167 Å². The standard InChI is InChI=1S/C20H22N6O3/c1-14-6-7-16(26(28)29)12-18(14)21-20(27)13-24-10-8-15(9-11-24)25-19-5-3-2-4-17(19)22-23-25/h2-7,12,15H,8-11,13H2,1H3,(H,21,27). The lowest BCUT2D eigenvalue weighted by Gasteiger charge is -2.31. The molecule has 2 heterocycles. The summed E-state index contributed by atoms with van der Waals surface area (Å²) in [5.74, 6) is -0.168. The summed E-state index contributed by atoms with van der Waals surface area (Å²) in [6.45, 7) is 3.63. The molecule has 1 amide bonds. The van der Waals surface area contributed by atoms with Crippen molar-refractivity contribution in [3.05, 3.63) is 58.1 Å². The number of piperidine rings is 1. The summed E-state index contributed by atoms with van der Waals surface area (Å²) in [6, 6.07) is 12.6. The van der Waals surface area contributed by atoms with E-state index in [2.05, 4.69) is 20.5 Å². The number of amides is 1. The lowest BCUT2D eigenvalue weighted by molar-refractivity contribution is -0.384. The highest BCUT2D eigenvalue weighted by molar-refractivity contribution is 5.93. The minimum absolute atomic E-state index is 0.0354. The number of hydrogen-bond donors (Lipinski definition) is 1. The molecule has 9 heteroatoms. The van der Waals surface area contributed by atoms with Crippen LogP contribution in [-0.4, -0.2) is 50.4 Å². The number of nitro benzene ring substituents is 1. The molecule has 1 aromatic heterocycles. The Morgan fingerprint density at radius 3 is 2.76 bits per heavy atom. The highest BCUT2D eigenvalue weighted by atomic mass is 16.6. The van der Waals surface area contributed by atoms with E-state index in [1.807, 2.05) is 35.9 Å². The molecule has 3 aromatic rings. The van der Waals surface area contributed by atoms with Gasteiger partial charge in [0.1, 0.15) is 5.52 Å². The summed E-state index contributed by atoms with van der Waals surface area (Å²) in [6.07, 6.45) is 1.77. The minimum Gasteiger partial charge on any atom is -0.324 e. The number of carbonyl (C=O) groups excluding carboxylic acids is 1.